The van der Waals surface area contributed by atoms with E-state index >= 15 is 0 Å². The van der Waals surface area contributed by atoms with Gasteiger partial charge in [-0.25, -0.2) is 9.59 Å². The fraction of sp³-hybridized carbons (Fsp3) is 0. The summed E-state index contributed by atoms with van der Waals surface area (Å²) in [6.07, 6.45) is 0. The summed E-state index contributed by atoms with van der Waals surface area (Å²) in [5, 5.41) is 9.23. The molecule has 0 aliphatic carbocycles. The van der Waals surface area contributed by atoms with Crippen molar-refractivity contribution >= 4 is 17.6 Å². The lowest BCUT2D eigenvalue weighted by Crippen LogP contribution is -2.11. The number of carbonyl (C=O) groups is 2. The summed E-state index contributed by atoms with van der Waals surface area (Å²) in [6, 6.07) is 19.8. The van der Waals surface area contributed by atoms with E-state index < -0.39 is 11.9 Å². The van der Waals surface area contributed by atoms with Crippen LogP contribution in [0.3, 0.4) is 0 Å². The van der Waals surface area contributed by atoms with E-state index in [1.807, 2.05) is 6.07 Å². The maximum absolute atomic E-state index is 12.6. The van der Waals surface area contributed by atoms with Gasteiger partial charge in [-0.1, -0.05) is 30.3 Å². The van der Waals surface area contributed by atoms with Crippen LogP contribution in [0.5, 0.6) is 5.75 Å². The highest BCUT2D eigenvalue weighted by Crippen LogP contribution is 2.27. The van der Waals surface area contributed by atoms with Crippen LogP contribution in [0.25, 0.3) is 11.1 Å². The lowest BCUT2D eigenvalue weighted by atomic mass is 9.97. The standard InChI is InChI=1S/C20H15NO4/c21-15-9-6-13(7-10-15)18-12-14(19(22)23)8-11-17(18)20(24)25-16-4-2-1-3-5-16/h1-12H,21H2,(H,22,23). The van der Waals surface area contributed by atoms with Crippen molar-refractivity contribution in [1.29, 1.82) is 0 Å². The van der Waals surface area contributed by atoms with Gasteiger partial charge in [-0.3, -0.25) is 0 Å². The number of ether oxygens (including phenoxy) is 1. The number of hydrogen-bond acceptors (Lipinski definition) is 4. The topological polar surface area (TPSA) is 89.6 Å². The number of nitrogen functional groups attached to an aromatic ring is 1. The second kappa shape index (κ2) is 6.88. The van der Waals surface area contributed by atoms with Crippen molar-refractivity contribution in [1.82, 2.24) is 0 Å². The quantitative estimate of drug-likeness (QED) is 0.430. The van der Waals surface area contributed by atoms with Gasteiger partial charge in [-0.15, -0.1) is 0 Å². The maximum atomic E-state index is 12.6. The normalized spacial score (nSPS) is 10.2. The van der Waals surface area contributed by atoms with E-state index in [0.717, 1.165) is 0 Å². The van der Waals surface area contributed by atoms with Gasteiger partial charge in [0.15, 0.2) is 0 Å². The number of benzene rings is 3. The summed E-state index contributed by atoms with van der Waals surface area (Å²) >= 11 is 0. The number of carbonyl (C=O) groups excluding carboxylic acids is 1. The molecule has 0 unspecified atom stereocenters. The van der Waals surface area contributed by atoms with Gasteiger partial charge in [0.2, 0.25) is 0 Å². The van der Waals surface area contributed by atoms with E-state index in [0.29, 0.717) is 22.6 Å². The van der Waals surface area contributed by atoms with E-state index in [2.05, 4.69) is 0 Å². The summed E-state index contributed by atoms with van der Waals surface area (Å²) in [5.74, 6) is -1.22. The first-order valence-electron chi connectivity index (χ1n) is 7.55. The Bertz CT molecular complexity index is 918. The second-order valence-corrected chi connectivity index (χ2v) is 5.39. The molecule has 25 heavy (non-hydrogen) atoms. The third-order valence-electron chi connectivity index (χ3n) is 3.66. The molecule has 0 saturated heterocycles. The van der Waals surface area contributed by atoms with Crippen LogP contribution < -0.4 is 10.5 Å². The second-order valence-electron chi connectivity index (χ2n) is 5.39. The molecule has 3 aromatic rings. The minimum atomic E-state index is -1.07. The third kappa shape index (κ3) is 3.67. The summed E-state index contributed by atoms with van der Waals surface area (Å²) in [4.78, 5) is 23.8. The average Bonchev–Trinajstić information content (AvgIpc) is 2.62. The Labute approximate surface area is 144 Å². The molecule has 0 amide bonds. The van der Waals surface area contributed by atoms with Crippen molar-refractivity contribution < 1.29 is 19.4 Å². The van der Waals surface area contributed by atoms with Crippen molar-refractivity contribution in [2.45, 2.75) is 0 Å². The Kier molecular flexibility index (Phi) is 4.48. The summed E-state index contributed by atoms with van der Waals surface area (Å²) in [5.41, 5.74) is 7.79. The predicted molar refractivity (Wildman–Crippen MR) is 94.7 cm³/mol. The van der Waals surface area contributed by atoms with Crippen molar-refractivity contribution in [3.05, 3.63) is 83.9 Å². The minimum absolute atomic E-state index is 0.0862. The van der Waals surface area contributed by atoms with Crippen LogP contribution in [-0.4, -0.2) is 17.0 Å². The van der Waals surface area contributed by atoms with Gasteiger partial charge < -0.3 is 15.6 Å². The summed E-state index contributed by atoms with van der Waals surface area (Å²) in [7, 11) is 0. The van der Waals surface area contributed by atoms with Crippen LogP contribution >= 0.6 is 0 Å². The zero-order valence-corrected chi connectivity index (χ0v) is 13.2. The molecule has 0 aliphatic heterocycles. The molecule has 5 nitrogen and oxygen atoms in total. The van der Waals surface area contributed by atoms with Crippen molar-refractivity contribution in [3.8, 4) is 16.9 Å². The molecule has 0 atom stereocenters. The lowest BCUT2D eigenvalue weighted by molar-refractivity contribution is 0.0692. The number of nitrogens with two attached hydrogens (primary N) is 1. The van der Waals surface area contributed by atoms with Crippen LogP contribution in [0.2, 0.25) is 0 Å². The molecular formula is C20H15NO4. The highest BCUT2D eigenvalue weighted by molar-refractivity contribution is 6.01. The molecule has 3 N–H and O–H groups in total. The number of esters is 1. The monoisotopic (exact) mass is 333 g/mol. The molecule has 0 fully saturated rings. The Morgan fingerprint density at radius 1 is 0.880 bits per heavy atom. The molecule has 0 spiro atoms. The van der Waals surface area contributed by atoms with Gasteiger partial charge in [0.05, 0.1) is 11.1 Å². The molecule has 3 rings (SSSR count). The smallest absolute Gasteiger partial charge is 0.344 e. The first-order valence-corrected chi connectivity index (χ1v) is 7.55. The zero-order valence-electron chi connectivity index (χ0n) is 13.2. The molecule has 3 aromatic carbocycles. The minimum Gasteiger partial charge on any atom is -0.478 e. The van der Waals surface area contributed by atoms with Crippen molar-refractivity contribution in [2.24, 2.45) is 0 Å². The van der Waals surface area contributed by atoms with E-state index in [9.17, 15) is 14.7 Å². The van der Waals surface area contributed by atoms with E-state index in [1.165, 1.54) is 18.2 Å². The van der Waals surface area contributed by atoms with Gasteiger partial charge in [-0.2, -0.15) is 0 Å². The SMILES string of the molecule is Nc1ccc(-c2cc(C(=O)O)ccc2C(=O)Oc2ccccc2)cc1. The van der Waals surface area contributed by atoms with E-state index in [4.69, 9.17) is 10.5 Å². The molecule has 0 saturated carbocycles. The Morgan fingerprint density at radius 2 is 1.56 bits per heavy atom. The highest BCUT2D eigenvalue weighted by Gasteiger charge is 2.17. The summed E-state index contributed by atoms with van der Waals surface area (Å²) in [6.45, 7) is 0. The fourth-order valence-corrected chi connectivity index (χ4v) is 2.41. The number of para-hydroxylation sites is 1. The molecule has 0 heterocycles. The molecule has 124 valence electrons. The fourth-order valence-electron chi connectivity index (χ4n) is 2.41. The van der Waals surface area contributed by atoms with Crippen molar-refractivity contribution in [3.63, 3.8) is 0 Å². The average molecular weight is 333 g/mol. The number of hydrogen-bond donors (Lipinski definition) is 2. The Hall–Kier alpha value is -3.60. The zero-order chi connectivity index (χ0) is 17.8. The van der Waals surface area contributed by atoms with Gasteiger partial charge >= 0.3 is 11.9 Å². The lowest BCUT2D eigenvalue weighted by Gasteiger charge is -2.11. The molecule has 0 radical (unpaired) electrons. The van der Waals surface area contributed by atoms with Crippen molar-refractivity contribution in [2.75, 3.05) is 5.73 Å². The first-order chi connectivity index (χ1) is 12.0. The number of aromatic carboxylic acids is 1. The number of rotatable bonds is 4. The molecule has 5 heteroatoms. The number of carboxylic acid groups (broad SMARTS) is 1. The summed E-state index contributed by atoms with van der Waals surface area (Å²) < 4.78 is 5.38. The van der Waals surface area contributed by atoms with Crippen LogP contribution in [0, 0.1) is 0 Å². The van der Waals surface area contributed by atoms with Gasteiger partial charge in [0.25, 0.3) is 0 Å². The van der Waals surface area contributed by atoms with Gasteiger partial charge in [0, 0.05) is 5.69 Å². The maximum Gasteiger partial charge on any atom is 0.344 e. The largest absolute Gasteiger partial charge is 0.478 e. The van der Waals surface area contributed by atoms with Gasteiger partial charge in [0.1, 0.15) is 5.75 Å². The molecular weight excluding hydrogens is 318 g/mol. The van der Waals surface area contributed by atoms with Crippen LogP contribution in [-0.2, 0) is 0 Å². The highest BCUT2D eigenvalue weighted by atomic mass is 16.5. The molecule has 0 aliphatic rings. The molecule has 0 aromatic heterocycles. The Balaban J connectivity index is 2.04. The van der Waals surface area contributed by atoms with E-state index in [1.54, 1.807) is 48.5 Å². The number of anilines is 1. The van der Waals surface area contributed by atoms with Crippen LogP contribution in [0.4, 0.5) is 5.69 Å². The molecule has 0 bridgehead atoms. The van der Waals surface area contributed by atoms with Gasteiger partial charge in [-0.05, 0) is 53.6 Å². The third-order valence-corrected chi connectivity index (χ3v) is 3.66. The van der Waals surface area contributed by atoms with E-state index in [-0.39, 0.29) is 11.1 Å². The first kappa shape index (κ1) is 16.3. The van der Waals surface area contributed by atoms with Crippen LogP contribution in [0.15, 0.2) is 72.8 Å². The van der Waals surface area contributed by atoms with Crippen LogP contribution in [0.1, 0.15) is 20.7 Å². The number of carboxylic acids is 1. The Morgan fingerprint density at radius 3 is 2.20 bits per heavy atom. The predicted octanol–water partition coefficient (Wildman–Crippen LogP) is 3.85.